The van der Waals surface area contributed by atoms with Crippen LogP contribution < -0.4 is 5.32 Å². The van der Waals surface area contributed by atoms with Gasteiger partial charge in [0.2, 0.25) is 5.28 Å². The predicted molar refractivity (Wildman–Crippen MR) is 55.0 cm³/mol. The Labute approximate surface area is 99.0 Å². The van der Waals surface area contributed by atoms with Gasteiger partial charge in [-0.3, -0.25) is 5.32 Å². The van der Waals surface area contributed by atoms with Gasteiger partial charge in [-0.15, -0.1) is 0 Å². The molecule has 8 nitrogen and oxygen atoms in total. The summed E-state index contributed by atoms with van der Waals surface area (Å²) in [6, 6.07) is 0. The van der Waals surface area contributed by atoms with Gasteiger partial charge in [0, 0.05) is 4.81 Å². The quantitative estimate of drug-likeness (QED) is 0.692. The number of nitrogens with zero attached hydrogens (tertiary/aromatic N) is 3. The van der Waals surface area contributed by atoms with Crippen molar-refractivity contribution >= 4 is 6.09 Å². The molecule has 0 aliphatic carbocycles. The monoisotopic (exact) mass is 245 g/mol. The zero-order chi connectivity index (χ0) is 12.1. The molecule has 0 unspecified atom stereocenters. The highest BCUT2D eigenvalue weighted by molar-refractivity contribution is 5.67. The van der Waals surface area contributed by atoms with E-state index in [1.54, 1.807) is 11.7 Å². The maximum atomic E-state index is 11.2. The second-order valence-electron chi connectivity index (χ2n) is 3.66. The molecule has 0 saturated carbocycles. The minimum Gasteiger partial charge on any atom is -0.450 e. The van der Waals surface area contributed by atoms with Gasteiger partial charge in [0.15, 0.2) is 0 Å². The lowest BCUT2D eigenvalue weighted by molar-refractivity contribution is -0.742. The van der Waals surface area contributed by atoms with Crippen LogP contribution in [-0.2, 0) is 14.3 Å². The van der Waals surface area contributed by atoms with E-state index in [0.717, 1.165) is 13.1 Å². The molecule has 2 aliphatic heterocycles. The van der Waals surface area contributed by atoms with Gasteiger partial charge in [0.05, 0.1) is 32.9 Å². The number of ether oxygens (including phenoxy) is 2. The van der Waals surface area contributed by atoms with Gasteiger partial charge in [0.25, 0.3) is 12.8 Å². The van der Waals surface area contributed by atoms with E-state index < -0.39 is 12.3 Å². The van der Waals surface area contributed by atoms with Crippen LogP contribution in [0.5, 0.6) is 0 Å². The van der Waals surface area contributed by atoms with Gasteiger partial charge in [0.1, 0.15) is 0 Å². The molecule has 96 valence electrons. The Balaban J connectivity index is 1.75. The van der Waals surface area contributed by atoms with Crippen LogP contribution in [0.3, 0.4) is 0 Å². The average Bonchev–Trinajstić information content (AvgIpc) is 2.79. The third kappa shape index (κ3) is 3.19. The van der Waals surface area contributed by atoms with Gasteiger partial charge in [-0.25, -0.2) is 4.79 Å². The van der Waals surface area contributed by atoms with Gasteiger partial charge < -0.3 is 14.3 Å². The summed E-state index contributed by atoms with van der Waals surface area (Å²) in [5.74, 6) is 0. The fourth-order valence-corrected chi connectivity index (χ4v) is 1.65. The topological polar surface area (TPSA) is 75.4 Å². The highest BCUT2D eigenvalue weighted by Crippen LogP contribution is 2.07. The number of rotatable bonds is 3. The lowest BCUT2D eigenvalue weighted by Gasteiger charge is -2.20. The third-order valence-corrected chi connectivity index (χ3v) is 2.47. The zero-order valence-electron chi connectivity index (χ0n) is 9.79. The van der Waals surface area contributed by atoms with Gasteiger partial charge >= 0.3 is 6.09 Å². The van der Waals surface area contributed by atoms with Crippen molar-refractivity contribution in [1.29, 1.82) is 0 Å². The fraction of sp³-hybridized carbons (Fsp3) is 0.889. The summed E-state index contributed by atoms with van der Waals surface area (Å²) in [5, 5.41) is 8.48. The second-order valence-corrected chi connectivity index (χ2v) is 3.66. The highest BCUT2D eigenvalue weighted by atomic mass is 16.7. The molecule has 17 heavy (non-hydrogen) atoms. The van der Waals surface area contributed by atoms with Crippen molar-refractivity contribution in [2.75, 3.05) is 39.5 Å². The van der Waals surface area contributed by atoms with Crippen molar-refractivity contribution in [2.45, 2.75) is 13.2 Å². The maximum absolute atomic E-state index is 11.2. The number of nitrogens with one attached hydrogen (secondary N) is 1. The van der Waals surface area contributed by atoms with Crippen LogP contribution in [-0.4, -0.2) is 61.6 Å². The number of alkyl carbamates (subject to hydrolysis) is 1. The molecule has 1 N–H and O–H groups in total. The molecule has 0 aromatic heterocycles. The smallest absolute Gasteiger partial charge is 0.410 e. The normalized spacial score (nSPS) is 23.9. The lowest BCUT2D eigenvalue weighted by Crippen LogP contribution is -2.45. The Morgan fingerprint density at radius 3 is 3.06 bits per heavy atom. The molecule has 2 aliphatic rings. The van der Waals surface area contributed by atoms with Gasteiger partial charge in [-0.1, -0.05) is 0 Å². The van der Waals surface area contributed by atoms with E-state index in [1.165, 1.54) is 0 Å². The van der Waals surface area contributed by atoms with Crippen molar-refractivity contribution in [1.82, 2.24) is 10.3 Å². The first kappa shape index (κ1) is 11.9. The number of carbonyl (C=O) groups excluding carboxylic acids is 1. The van der Waals surface area contributed by atoms with E-state index in [9.17, 15) is 4.79 Å². The maximum Gasteiger partial charge on any atom is 0.410 e. The van der Waals surface area contributed by atoms with Crippen LogP contribution in [0.2, 0.25) is 0 Å². The SMILES string of the molecule is CCOC(=O)N[C@@H]1C[N+](N2CCOCC2)=NO1. The number of morpholine rings is 1. The number of hydrogen-bond donors (Lipinski definition) is 1. The molecule has 2 rings (SSSR count). The standard InChI is InChI=1S/C9H16N4O4/c1-2-16-9(14)10-8-7-13(11-17-8)12-3-5-15-6-4-12/h8H,2-7H2,1H3/p+1/t8-/m0/s1. The summed E-state index contributed by atoms with van der Waals surface area (Å²) in [7, 11) is 0. The Morgan fingerprint density at radius 2 is 2.35 bits per heavy atom. The first-order valence-electron chi connectivity index (χ1n) is 5.70. The Morgan fingerprint density at radius 1 is 1.59 bits per heavy atom. The van der Waals surface area contributed by atoms with Crippen LogP contribution in [0.15, 0.2) is 5.28 Å². The molecule has 0 radical (unpaired) electrons. The molecule has 0 aromatic carbocycles. The van der Waals surface area contributed by atoms with E-state index in [2.05, 4.69) is 10.6 Å². The average molecular weight is 245 g/mol. The molecule has 8 heteroatoms. The van der Waals surface area contributed by atoms with Crippen LogP contribution in [0.1, 0.15) is 6.92 Å². The number of amides is 1. The molecule has 1 fully saturated rings. The largest absolute Gasteiger partial charge is 0.450 e. The third-order valence-electron chi connectivity index (χ3n) is 2.47. The Kier molecular flexibility index (Phi) is 3.97. The zero-order valence-corrected chi connectivity index (χ0v) is 9.79. The van der Waals surface area contributed by atoms with E-state index in [-0.39, 0.29) is 0 Å². The predicted octanol–water partition coefficient (Wildman–Crippen LogP) is -0.284. The molecular formula is C9H17N4O4+. The van der Waals surface area contributed by atoms with Crippen molar-refractivity contribution in [3.8, 4) is 0 Å². The molecular weight excluding hydrogens is 228 g/mol. The fourth-order valence-electron chi connectivity index (χ4n) is 1.65. The summed E-state index contributed by atoms with van der Waals surface area (Å²) in [4.78, 5) is 18.0. The van der Waals surface area contributed by atoms with E-state index in [4.69, 9.17) is 14.3 Å². The molecule has 1 atom stereocenters. The van der Waals surface area contributed by atoms with Crippen LogP contribution in [0, 0.1) is 0 Å². The Bertz CT molecular complexity index is 303. The van der Waals surface area contributed by atoms with Crippen molar-refractivity contribution in [2.24, 2.45) is 5.28 Å². The summed E-state index contributed by atoms with van der Waals surface area (Å²) >= 11 is 0. The van der Waals surface area contributed by atoms with Crippen LogP contribution in [0.25, 0.3) is 0 Å². The van der Waals surface area contributed by atoms with E-state index >= 15 is 0 Å². The molecule has 0 bridgehead atoms. The van der Waals surface area contributed by atoms with E-state index in [0.29, 0.717) is 26.4 Å². The molecule has 1 amide bonds. The second kappa shape index (κ2) is 5.67. The molecule has 1 saturated heterocycles. The number of hydrogen-bond acceptors (Lipinski definition) is 6. The summed E-state index contributed by atoms with van der Waals surface area (Å²) in [6.45, 7) is 5.49. The minimum atomic E-state index is -0.489. The molecule has 0 aromatic rings. The summed E-state index contributed by atoms with van der Waals surface area (Å²) < 4.78 is 10.0. The summed E-state index contributed by atoms with van der Waals surface area (Å²) in [6.07, 6.45) is -0.951. The van der Waals surface area contributed by atoms with Crippen molar-refractivity contribution in [3.05, 3.63) is 0 Å². The number of carbonyl (C=O) groups is 1. The first-order valence-corrected chi connectivity index (χ1v) is 5.70. The van der Waals surface area contributed by atoms with Crippen molar-refractivity contribution < 1.29 is 23.9 Å². The molecule has 2 heterocycles. The first-order chi connectivity index (χ1) is 8.29. The summed E-state index contributed by atoms with van der Waals surface area (Å²) in [5.41, 5.74) is 0. The van der Waals surface area contributed by atoms with E-state index in [1.807, 2.05) is 5.01 Å². The highest BCUT2D eigenvalue weighted by Gasteiger charge is 2.34. The van der Waals surface area contributed by atoms with Gasteiger partial charge in [-0.05, 0) is 6.92 Å². The Hall–Kier alpha value is -1.57. The van der Waals surface area contributed by atoms with Gasteiger partial charge in [-0.2, -0.15) is 5.01 Å². The molecule has 0 spiro atoms. The van der Waals surface area contributed by atoms with Crippen LogP contribution in [0.4, 0.5) is 4.79 Å². The lowest BCUT2D eigenvalue weighted by atomic mass is 10.5. The number of hydrazine groups is 1. The minimum absolute atomic E-state index is 0.336. The van der Waals surface area contributed by atoms with Crippen LogP contribution >= 0.6 is 0 Å². The van der Waals surface area contributed by atoms with Crippen molar-refractivity contribution in [3.63, 3.8) is 0 Å².